The molecule has 10 heteroatoms. The number of sulfonamides is 2. The Bertz CT molecular complexity index is 1020. The lowest BCUT2D eigenvalue weighted by Gasteiger charge is -2.15. The zero-order chi connectivity index (χ0) is 20.9. The maximum absolute atomic E-state index is 12.5. The summed E-state index contributed by atoms with van der Waals surface area (Å²) < 4.78 is 58.7. The maximum atomic E-state index is 12.5. The van der Waals surface area contributed by atoms with Gasteiger partial charge < -0.3 is 4.74 Å². The third-order valence-corrected chi connectivity index (χ3v) is 8.01. The third-order valence-electron chi connectivity index (χ3n) is 4.49. The van der Waals surface area contributed by atoms with Gasteiger partial charge in [-0.25, -0.2) is 21.6 Å². The number of hydrogen-bond donors (Lipinski definition) is 1. The Balaban J connectivity index is 1.47. The summed E-state index contributed by atoms with van der Waals surface area (Å²) >= 11 is 5.79. The summed E-state index contributed by atoms with van der Waals surface area (Å²) in [6.07, 6.45) is 1.77. The quantitative estimate of drug-likeness (QED) is 0.583. The lowest BCUT2D eigenvalue weighted by molar-refractivity contribution is 0.322. The fourth-order valence-corrected chi connectivity index (χ4v) is 5.77. The van der Waals surface area contributed by atoms with Crippen molar-refractivity contribution in [3.8, 4) is 5.75 Å². The van der Waals surface area contributed by atoms with Crippen molar-refractivity contribution < 1.29 is 21.6 Å². The molecule has 3 rings (SSSR count). The second kappa shape index (κ2) is 9.44. The van der Waals surface area contributed by atoms with E-state index in [9.17, 15) is 16.8 Å². The minimum atomic E-state index is -3.50. The molecule has 0 aliphatic carbocycles. The lowest BCUT2D eigenvalue weighted by atomic mass is 10.2. The van der Waals surface area contributed by atoms with Crippen LogP contribution in [0.5, 0.6) is 5.75 Å². The topological polar surface area (TPSA) is 92.8 Å². The van der Waals surface area contributed by atoms with Crippen LogP contribution in [0.25, 0.3) is 0 Å². The van der Waals surface area contributed by atoms with Gasteiger partial charge in [0.25, 0.3) is 0 Å². The summed E-state index contributed by atoms with van der Waals surface area (Å²) in [6.45, 7) is 1.33. The van der Waals surface area contributed by atoms with Gasteiger partial charge in [-0.1, -0.05) is 23.7 Å². The van der Waals surface area contributed by atoms with E-state index in [4.69, 9.17) is 16.3 Å². The first-order chi connectivity index (χ1) is 13.8. The maximum Gasteiger partial charge on any atom is 0.243 e. The third kappa shape index (κ3) is 6.16. The van der Waals surface area contributed by atoms with E-state index in [-0.39, 0.29) is 23.8 Å². The standard InChI is InChI=1S/C19H23ClN2O5S2/c20-17-5-3-16(4-6-17)15-28(23,24)21-11-14-27-18-7-9-19(10-8-18)29(25,26)22-12-1-2-13-22/h3-10,21H,1-2,11-15H2. The second-order valence-corrected chi connectivity index (χ2v) is 10.9. The first-order valence-corrected chi connectivity index (χ1v) is 12.7. The van der Waals surface area contributed by atoms with Gasteiger partial charge in [-0.2, -0.15) is 4.31 Å². The molecule has 0 bridgehead atoms. The van der Waals surface area contributed by atoms with Crippen molar-refractivity contribution in [2.75, 3.05) is 26.2 Å². The summed E-state index contributed by atoms with van der Waals surface area (Å²) in [4.78, 5) is 0.232. The van der Waals surface area contributed by atoms with Crippen LogP contribution in [-0.2, 0) is 25.8 Å². The van der Waals surface area contributed by atoms with Crippen molar-refractivity contribution in [2.24, 2.45) is 0 Å². The zero-order valence-corrected chi connectivity index (χ0v) is 18.1. The summed E-state index contributed by atoms with van der Waals surface area (Å²) in [7, 11) is -6.95. The molecule has 1 N–H and O–H groups in total. The Labute approximate surface area is 176 Å². The molecule has 2 aromatic carbocycles. The number of rotatable bonds is 9. The van der Waals surface area contributed by atoms with E-state index in [1.165, 1.54) is 16.4 Å². The lowest BCUT2D eigenvalue weighted by Crippen LogP contribution is -2.29. The summed E-state index contributed by atoms with van der Waals surface area (Å²) in [6, 6.07) is 12.8. The van der Waals surface area contributed by atoms with Crippen LogP contribution < -0.4 is 9.46 Å². The van der Waals surface area contributed by atoms with Gasteiger partial charge in [-0.3, -0.25) is 0 Å². The van der Waals surface area contributed by atoms with Crippen LogP contribution in [0, 0.1) is 0 Å². The normalized spacial score (nSPS) is 15.5. The van der Waals surface area contributed by atoms with Crippen LogP contribution in [0.1, 0.15) is 18.4 Å². The Morgan fingerprint density at radius 2 is 1.55 bits per heavy atom. The molecular formula is C19H23ClN2O5S2. The number of ether oxygens (including phenoxy) is 1. The van der Waals surface area contributed by atoms with E-state index in [1.807, 2.05) is 0 Å². The van der Waals surface area contributed by atoms with Crippen LogP contribution in [0.15, 0.2) is 53.4 Å². The van der Waals surface area contributed by atoms with E-state index < -0.39 is 20.0 Å². The minimum Gasteiger partial charge on any atom is -0.492 e. The van der Waals surface area contributed by atoms with Gasteiger partial charge in [0.2, 0.25) is 20.0 Å². The first-order valence-electron chi connectivity index (χ1n) is 9.21. The highest BCUT2D eigenvalue weighted by Crippen LogP contribution is 2.22. The molecule has 1 saturated heterocycles. The molecule has 29 heavy (non-hydrogen) atoms. The fraction of sp³-hybridized carbons (Fsp3) is 0.368. The van der Waals surface area contributed by atoms with E-state index in [0.29, 0.717) is 29.4 Å². The van der Waals surface area contributed by atoms with Gasteiger partial charge in [0, 0.05) is 24.7 Å². The van der Waals surface area contributed by atoms with E-state index >= 15 is 0 Å². The molecule has 1 aliphatic heterocycles. The highest BCUT2D eigenvalue weighted by molar-refractivity contribution is 7.89. The van der Waals surface area contributed by atoms with Crippen LogP contribution in [0.2, 0.25) is 5.02 Å². The van der Waals surface area contributed by atoms with E-state index in [0.717, 1.165) is 12.8 Å². The van der Waals surface area contributed by atoms with Crippen LogP contribution >= 0.6 is 11.6 Å². The molecule has 0 aromatic heterocycles. The molecule has 0 unspecified atom stereocenters. The van der Waals surface area contributed by atoms with Crippen molar-refractivity contribution in [2.45, 2.75) is 23.5 Å². The summed E-state index contributed by atoms with van der Waals surface area (Å²) in [5, 5.41) is 0.548. The van der Waals surface area contributed by atoms with Crippen LogP contribution in [0.3, 0.4) is 0 Å². The molecule has 1 fully saturated rings. The summed E-state index contributed by atoms with van der Waals surface area (Å²) in [5.74, 6) is 0.329. The average Bonchev–Trinajstić information content (AvgIpc) is 3.23. The largest absolute Gasteiger partial charge is 0.492 e. The number of nitrogens with zero attached hydrogens (tertiary/aromatic N) is 1. The molecule has 0 amide bonds. The smallest absolute Gasteiger partial charge is 0.243 e. The Morgan fingerprint density at radius 3 is 2.17 bits per heavy atom. The summed E-state index contributed by atoms with van der Waals surface area (Å²) in [5.41, 5.74) is 0.637. The van der Waals surface area contributed by atoms with Crippen molar-refractivity contribution in [1.82, 2.24) is 9.03 Å². The van der Waals surface area contributed by atoms with Gasteiger partial charge in [-0.15, -0.1) is 0 Å². The zero-order valence-electron chi connectivity index (χ0n) is 15.8. The predicted molar refractivity (Wildman–Crippen MR) is 112 cm³/mol. The Morgan fingerprint density at radius 1 is 0.931 bits per heavy atom. The molecule has 7 nitrogen and oxygen atoms in total. The number of nitrogens with one attached hydrogen (secondary N) is 1. The molecule has 1 aliphatic rings. The van der Waals surface area contributed by atoms with Gasteiger partial charge in [0.05, 0.1) is 10.6 Å². The first kappa shape index (κ1) is 22.0. The minimum absolute atomic E-state index is 0.101. The molecule has 0 spiro atoms. The van der Waals surface area contributed by atoms with Gasteiger partial charge in [0.15, 0.2) is 0 Å². The van der Waals surface area contributed by atoms with E-state index in [1.54, 1.807) is 36.4 Å². The second-order valence-electron chi connectivity index (χ2n) is 6.71. The van der Waals surface area contributed by atoms with Crippen molar-refractivity contribution in [3.63, 3.8) is 0 Å². The molecule has 0 saturated carbocycles. The molecule has 1 heterocycles. The van der Waals surface area contributed by atoms with Crippen LogP contribution in [-0.4, -0.2) is 47.4 Å². The predicted octanol–water partition coefficient (Wildman–Crippen LogP) is 2.62. The molecule has 0 radical (unpaired) electrons. The van der Waals surface area contributed by atoms with Crippen molar-refractivity contribution in [1.29, 1.82) is 0 Å². The molecule has 158 valence electrons. The van der Waals surface area contributed by atoms with Gasteiger partial charge >= 0.3 is 0 Å². The number of halogens is 1. The monoisotopic (exact) mass is 458 g/mol. The Hall–Kier alpha value is -1.65. The Kier molecular flexibility index (Phi) is 7.18. The SMILES string of the molecule is O=S(=O)(Cc1ccc(Cl)cc1)NCCOc1ccc(S(=O)(=O)N2CCCC2)cc1. The van der Waals surface area contributed by atoms with E-state index in [2.05, 4.69) is 4.72 Å². The van der Waals surface area contributed by atoms with Crippen molar-refractivity contribution in [3.05, 3.63) is 59.1 Å². The van der Waals surface area contributed by atoms with Crippen molar-refractivity contribution >= 4 is 31.6 Å². The van der Waals surface area contributed by atoms with Crippen LogP contribution in [0.4, 0.5) is 0 Å². The number of hydrogen-bond acceptors (Lipinski definition) is 5. The number of benzene rings is 2. The highest BCUT2D eigenvalue weighted by atomic mass is 35.5. The molecule has 2 aromatic rings. The highest BCUT2D eigenvalue weighted by Gasteiger charge is 2.26. The van der Waals surface area contributed by atoms with Gasteiger partial charge in [0.1, 0.15) is 12.4 Å². The molecular weight excluding hydrogens is 436 g/mol. The molecule has 0 atom stereocenters. The van der Waals surface area contributed by atoms with Gasteiger partial charge in [-0.05, 0) is 54.8 Å². The fourth-order valence-electron chi connectivity index (χ4n) is 3.00. The average molecular weight is 459 g/mol.